The molecule has 2 aliphatic rings. The maximum atomic E-state index is 11.9. The SMILES string of the molecule is CCc1cc(N2CC[C@H](c3cc(Cl)c(Cl)c(Cl)c3)C2)ccc1CNC(=O)C1CC1. The lowest BCUT2D eigenvalue weighted by atomic mass is 9.98. The van der Waals surface area contributed by atoms with Gasteiger partial charge in [0.1, 0.15) is 0 Å². The van der Waals surface area contributed by atoms with Gasteiger partial charge in [-0.2, -0.15) is 0 Å². The monoisotopic (exact) mass is 450 g/mol. The fourth-order valence-electron chi connectivity index (χ4n) is 4.06. The van der Waals surface area contributed by atoms with Gasteiger partial charge in [0, 0.05) is 37.2 Å². The summed E-state index contributed by atoms with van der Waals surface area (Å²) < 4.78 is 0. The van der Waals surface area contributed by atoms with Crippen molar-refractivity contribution in [2.75, 3.05) is 18.0 Å². The Morgan fingerprint density at radius 2 is 1.79 bits per heavy atom. The normalized spacial score (nSPS) is 18.9. The van der Waals surface area contributed by atoms with Crippen molar-refractivity contribution in [3.63, 3.8) is 0 Å². The van der Waals surface area contributed by atoms with Crippen LogP contribution in [-0.4, -0.2) is 19.0 Å². The molecule has 0 aromatic heterocycles. The summed E-state index contributed by atoms with van der Waals surface area (Å²) in [6.45, 7) is 4.69. The van der Waals surface area contributed by atoms with Crippen molar-refractivity contribution in [2.45, 2.75) is 45.1 Å². The smallest absolute Gasteiger partial charge is 0.223 e. The number of aryl methyl sites for hydroxylation is 1. The van der Waals surface area contributed by atoms with Crippen LogP contribution in [0.5, 0.6) is 0 Å². The summed E-state index contributed by atoms with van der Waals surface area (Å²) in [5, 5.41) is 4.53. The topological polar surface area (TPSA) is 32.3 Å². The van der Waals surface area contributed by atoms with Crippen LogP contribution >= 0.6 is 34.8 Å². The number of halogens is 3. The molecule has 3 nitrogen and oxygen atoms in total. The number of nitrogens with one attached hydrogen (secondary N) is 1. The van der Waals surface area contributed by atoms with Gasteiger partial charge < -0.3 is 10.2 Å². The number of hydrogen-bond donors (Lipinski definition) is 1. The Hall–Kier alpha value is -1.42. The van der Waals surface area contributed by atoms with E-state index in [4.69, 9.17) is 34.8 Å². The Kier molecular flexibility index (Phi) is 6.29. The highest BCUT2D eigenvalue weighted by Crippen LogP contribution is 2.38. The van der Waals surface area contributed by atoms with Crippen LogP contribution in [0.3, 0.4) is 0 Å². The summed E-state index contributed by atoms with van der Waals surface area (Å²) >= 11 is 18.5. The van der Waals surface area contributed by atoms with E-state index in [-0.39, 0.29) is 11.8 Å². The van der Waals surface area contributed by atoms with Crippen molar-refractivity contribution in [1.82, 2.24) is 5.32 Å². The van der Waals surface area contributed by atoms with Crippen LogP contribution in [-0.2, 0) is 17.8 Å². The van der Waals surface area contributed by atoms with Crippen LogP contribution in [0.25, 0.3) is 0 Å². The molecular weight excluding hydrogens is 427 g/mol. The summed E-state index contributed by atoms with van der Waals surface area (Å²) in [5.74, 6) is 0.819. The quantitative estimate of drug-likeness (QED) is 0.528. The molecule has 1 atom stereocenters. The van der Waals surface area contributed by atoms with Gasteiger partial charge in [-0.05, 0) is 66.6 Å². The standard InChI is InChI=1S/C23H25Cl3N2O/c1-2-14-9-19(6-5-16(14)12-27-23(29)15-3-4-15)28-8-7-17(13-28)18-10-20(24)22(26)21(25)11-18/h5-6,9-11,15,17H,2-4,7-8,12-13H2,1H3,(H,27,29)/t17-/m0/s1. The Bertz CT molecular complexity index is 903. The van der Waals surface area contributed by atoms with E-state index in [0.29, 0.717) is 27.5 Å². The van der Waals surface area contributed by atoms with E-state index < -0.39 is 0 Å². The highest BCUT2D eigenvalue weighted by molar-refractivity contribution is 6.48. The number of carbonyl (C=O) groups is 1. The van der Waals surface area contributed by atoms with E-state index >= 15 is 0 Å². The molecular formula is C23H25Cl3N2O. The number of amides is 1. The van der Waals surface area contributed by atoms with Crippen molar-refractivity contribution < 1.29 is 4.79 Å². The maximum Gasteiger partial charge on any atom is 0.223 e. The van der Waals surface area contributed by atoms with Crippen LogP contribution in [0.4, 0.5) is 5.69 Å². The molecule has 0 spiro atoms. The van der Waals surface area contributed by atoms with Crippen LogP contribution in [0, 0.1) is 5.92 Å². The van der Waals surface area contributed by atoms with E-state index in [1.807, 2.05) is 12.1 Å². The molecule has 1 heterocycles. The molecule has 2 fully saturated rings. The number of rotatable bonds is 6. The van der Waals surface area contributed by atoms with Crippen LogP contribution in [0.15, 0.2) is 30.3 Å². The number of carbonyl (C=O) groups excluding carboxylic acids is 1. The second-order valence-corrected chi connectivity index (χ2v) is 9.22. The van der Waals surface area contributed by atoms with Gasteiger partial charge >= 0.3 is 0 Å². The molecule has 0 radical (unpaired) electrons. The third-order valence-corrected chi connectivity index (χ3v) is 7.20. The molecule has 1 aliphatic carbocycles. The van der Waals surface area contributed by atoms with Gasteiger partial charge in [-0.3, -0.25) is 4.79 Å². The summed E-state index contributed by atoms with van der Waals surface area (Å²) in [6, 6.07) is 10.5. The Morgan fingerprint density at radius 1 is 1.07 bits per heavy atom. The van der Waals surface area contributed by atoms with Crippen molar-refractivity contribution in [3.8, 4) is 0 Å². The van der Waals surface area contributed by atoms with Gasteiger partial charge in [-0.25, -0.2) is 0 Å². The van der Waals surface area contributed by atoms with Gasteiger partial charge in [0.2, 0.25) is 5.91 Å². The van der Waals surface area contributed by atoms with Gasteiger partial charge in [0.25, 0.3) is 0 Å². The number of nitrogens with zero attached hydrogens (tertiary/aromatic N) is 1. The highest BCUT2D eigenvalue weighted by Gasteiger charge is 2.29. The van der Waals surface area contributed by atoms with E-state index in [1.54, 1.807) is 0 Å². The lowest BCUT2D eigenvalue weighted by Crippen LogP contribution is -2.25. The first kappa shape index (κ1) is 20.8. The van der Waals surface area contributed by atoms with Crippen molar-refractivity contribution in [3.05, 3.63) is 62.1 Å². The highest BCUT2D eigenvalue weighted by atomic mass is 35.5. The van der Waals surface area contributed by atoms with Crippen LogP contribution in [0.2, 0.25) is 15.1 Å². The first-order valence-corrected chi connectivity index (χ1v) is 11.4. The molecule has 6 heteroatoms. The third-order valence-electron chi connectivity index (χ3n) is 6.00. The molecule has 29 heavy (non-hydrogen) atoms. The number of anilines is 1. The molecule has 0 unspecified atom stereocenters. The third kappa shape index (κ3) is 4.68. The molecule has 1 N–H and O–H groups in total. The molecule has 1 aliphatic heterocycles. The zero-order valence-corrected chi connectivity index (χ0v) is 18.7. The minimum absolute atomic E-state index is 0.193. The second-order valence-electron chi connectivity index (χ2n) is 8.03. The summed E-state index contributed by atoms with van der Waals surface area (Å²) in [7, 11) is 0. The van der Waals surface area contributed by atoms with E-state index in [9.17, 15) is 4.79 Å². The lowest BCUT2D eigenvalue weighted by molar-refractivity contribution is -0.122. The molecule has 2 aromatic carbocycles. The average molecular weight is 452 g/mol. The largest absolute Gasteiger partial charge is 0.371 e. The molecule has 1 saturated carbocycles. The van der Waals surface area contributed by atoms with Gasteiger partial charge in [0.15, 0.2) is 0 Å². The van der Waals surface area contributed by atoms with Gasteiger partial charge in [0.05, 0.1) is 15.1 Å². The van der Waals surface area contributed by atoms with Crippen molar-refractivity contribution >= 4 is 46.4 Å². The fourth-order valence-corrected chi connectivity index (χ4v) is 4.67. The minimum Gasteiger partial charge on any atom is -0.371 e. The molecule has 1 amide bonds. The molecule has 1 saturated heterocycles. The molecule has 0 bridgehead atoms. The molecule has 2 aromatic rings. The van der Waals surface area contributed by atoms with E-state index in [1.165, 1.54) is 16.8 Å². The van der Waals surface area contributed by atoms with Crippen LogP contribution < -0.4 is 10.2 Å². The van der Waals surface area contributed by atoms with Gasteiger partial charge in [-0.1, -0.05) is 47.8 Å². The number of benzene rings is 2. The molecule has 154 valence electrons. The maximum absolute atomic E-state index is 11.9. The zero-order valence-electron chi connectivity index (χ0n) is 16.5. The Balaban J connectivity index is 1.45. The Morgan fingerprint density at radius 3 is 2.45 bits per heavy atom. The Labute approximate surface area is 187 Å². The number of hydrogen-bond acceptors (Lipinski definition) is 2. The molecule has 4 rings (SSSR count). The summed E-state index contributed by atoms with van der Waals surface area (Å²) in [4.78, 5) is 14.4. The van der Waals surface area contributed by atoms with Crippen molar-refractivity contribution in [2.24, 2.45) is 5.92 Å². The predicted molar refractivity (Wildman–Crippen MR) is 121 cm³/mol. The average Bonchev–Trinajstić information content (AvgIpc) is 3.46. The van der Waals surface area contributed by atoms with E-state index in [2.05, 4.69) is 35.3 Å². The first-order chi connectivity index (χ1) is 14.0. The van der Waals surface area contributed by atoms with Crippen LogP contribution in [0.1, 0.15) is 48.8 Å². The summed E-state index contributed by atoms with van der Waals surface area (Å²) in [5.41, 5.74) is 4.87. The van der Waals surface area contributed by atoms with Crippen molar-refractivity contribution in [1.29, 1.82) is 0 Å². The van der Waals surface area contributed by atoms with Gasteiger partial charge in [-0.15, -0.1) is 0 Å². The van der Waals surface area contributed by atoms with E-state index in [0.717, 1.165) is 44.3 Å². The second kappa shape index (κ2) is 8.75. The fraction of sp³-hybridized carbons (Fsp3) is 0.435. The lowest BCUT2D eigenvalue weighted by Gasteiger charge is -2.21. The first-order valence-electron chi connectivity index (χ1n) is 10.2. The predicted octanol–water partition coefficient (Wildman–Crippen LogP) is 6.23. The summed E-state index contributed by atoms with van der Waals surface area (Å²) in [6.07, 6.45) is 4.06. The zero-order chi connectivity index (χ0) is 20.5. The minimum atomic E-state index is 0.193.